The number of rotatable bonds is 10. The normalized spacial score (nSPS) is 18.3. The summed E-state index contributed by atoms with van der Waals surface area (Å²) >= 11 is 0. The van der Waals surface area contributed by atoms with E-state index in [9.17, 15) is 9.18 Å². The molecule has 5 rings (SSSR count). The number of allylic oxidation sites excluding steroid dienone is 3. The smallest absolute Gasteiger partial charge is 0.238 e. The minimum atomic E-state index is -1.54. The molecule has 6 nitrogen and oxygen atoms in total. The van der Waals surface area contributed by atoms with Gasteiger partial charge in [-0.2, -0.15) is 0 Å². The van der Waals surface area contributed by atoms with E-state index >= 15 is 0 Å². The first-order chi connectivity index (χ1) is 18.7. The third-order valence-corrected chi connectivity index (χ3v) is 7.27. The van der Waals surface area contributed by atoms with Crippen molar-refractivity contribution in [2.24, 2.45) is 11.3 Å². The number of ether oxygens (including phenoxy) is 2. The van der Waals surface area contributed by atoms with Crippen molar-refractivity contribution < 1.29 is 20.1 Å². The van der Waals surface area contributed by atoms with E-state index < -0.39 is 12.1 Å². The number of alkyl halides is 1. The van der Waals surface area contributed by atoms with Crippen LogP contribution in [0.4, 0.5) is 4.39 Å². The second-order valence-electron chi connectivity index (χ2n) is 10.2. The van der Waals surface area contributed by atoms with Crippen LogP contribution in [0.5, 0.6) is 11.5 Å². The largest absolute Gasteiger partial charge is 0.496 e. The Balaban J connectivity index is 0.00000150. The maximum Gasteiger partial charge on any atom is 0.238 e. The number of methoxy groups -OCH3 is 1. The second kappa shape index (κ2) is 15.5. The Bertz CT molecular complexity index is 1180. The van der Waals surface area contributed by atoms with Gasteiger partial charge in [0.15, 0.2) is 5.78 Å². The maximum absolute atomic E-state index is 14.1. The van der Waals surface area contributed by atoms with Gasteiger partial charge in [0, 0.05) is 43.1 Å². The van der Waals surface area contributed by atoms with Crippen molar-refractivity contribution in [1.29, 1.82) is 0 Å². The molecule has 3 aliphatic heterocycles. The highest BCUT2D eigenvalue weighted by molar-refractivity contribution is 6.08. The Morgan fingerprint density at radius 3 is 2.34 bits per heavy atom. The van der Waals surface area contributed by atoms with Gasteiger partial charge in [-0.05, 0) is 41.9 Å². The van der Waals surface area contributed by atoms with Crippen molar-refractivity contribution >= 4 is 11.5 Å². The monoisotopic (exact) mass is 571 g/mol. The van der Waals surface area contributed by atoms with Crippen molar-refractivity contribution in [3.05, 3.63) is 77.9 Å². The molecule has 230 valence electrons. The molecule has 0 spiro atoms. The Morgan fingerprint density at radius 1 is 1.22 bits per heavy atom. The molecule has 0 bridgehead atoms. The molecular weight excluding hydrogens is 517 g/mol. The van der Waals surface area contributed by atoms with Gasteiger partial charge >= 0.3 is 0 Å². The maximum atomic E-state index is 14.1. The van der Waals surface area contributed by atoms with Crippen molar-refractivity contribution in [3.8, 4) is 11.5 Å². The van der Waals surface area contributed by atoms with E-state index in [4.69, 9.17) is 9.47 Å². The SMILES string of the molecule is C.C.C=CC(=O)c1c(OC)cc(C2=CNC3C=C(C(C)(C)C4=CN4)C=CN23)cc1OC(F)CC.CC.CCC1CC1.[HH]. The minimum Gasteiger partial charge on any atom is -0.496 e. The molecule has 0 saturated heterocycles. The summed E-state index contributed by atoms with van der Waals surface area (Å²) in [5, 5.41) is 6.59. The van der Waals surface area contributed by atoms with Gasteiger partial charge in [-0.1, -0.05) is 82.2 Å². The van der Waals surface area contributed by atoms with Crippen LogP contribution >= 0.6 is 0 Å². The van der Waals surface area contributed by atoms with Gasteiger partial charge in [-0.15, -0.1) is 0 Å². The number of carbonyl (C=O) groups is 1. The van der Waals surface area contributed by atoms with Crippen LogP contribution in [0.15, 0.2) is 66.8 Å². The van der Waals surface area contributed by atoms with Crippen molar-refractivity contribution in [3.63, 3.8) is 0 Å². The predicted octanol–water partition coefficient (Wildman–Crippen LogP) is 8.95. The molecule has 2 atom stereocenters. The number of nitrogens with zero attached hydrogens (tertiary/aromatic N) is 1. The standard InChI is InChI=1S/C25H28FN3O3.C5H10.C2H6.2CH4.H2/c1-6-18(30)24-19(31-5)10-15(11-20(24)32-22(26)7-2)17-13-28-23-12-16(8-9-29(17)23)25(3,4)21-14-27-21;1-2-5-3-4-5;1-2;;;/h6,8-14,22-23,27-28H,1,7H2,2-5H3;5H,2-4H2,1H3;1-2H3;2*1H4;1H. The number of hydrogen-bond acceptors (Lipinski definition) is 6. The van der Waals surface area contributed by atoms with Crippen LogP contribution in [0.2, 0.25) is 0 Å². The minimum absolute atomic E-state index is 0. The highest BCUT2D eigenvalue weighted by atomic mass is 19.1. The van der Waals surface area contributed by atoms with E-state index in [0.29, 0.717) is 5.75 Å². The molecule has 2 unspecified atom stereocenters. The van der Waals surface area contributed by atoms with Crippen molar-refractivity contribution in [2.45, 2.75) is 94.6 Å². The summed E-state index contributed by atoms with van der Waals surface area (Å²) in [4.78, 5) is 14.5. The Hall–Kier alpha value is -3.48. The molecule has 7 heteroatoms. The predicted molar refractivity (Wildman–Crippen MR) is 172 cm³/mol. The van der Waals surface area contributed by atoms with E-state index in [-0.39, 0.29) is 45.6 Å². The average molecular weight is 572 g/mol. The summed E-state index contributed by atoms with van der Waals surface area (Å²) < 4.78 is 25.1. The molecule has 2 N–H and O–H groups in total. The van der Waals surface area contributed by atoms with E-state index in [1.807, 2.05) is 32.4 Å². The van der Waals surface area contributed by atoms with Crippen LogP contribution in [0, 0.1) is 11.3 Å². The third-order valence-electron chi connectivity index (χ3n) is 7.27. The van der Waals surface area contributed by atoms with Crippen molar-refractivity contribution in [2.75, 3.05) is 7.11 Å². The summed E-state index contributed by atoms with van der Waals surface area (Å²) in [6.07, 6.45) is 14.4. The lowest BCUT2D eigenvalue weighted by atomic mass is 9.81. The van der Waals surface area contributed by atoms with Crippen LogP contribution in [0.25, 0.3) is 5.70 Å². The zero-order valence-electron chi connectivity index (χ0n) is 24.4. The van der Waals surface area contributed by atoms with Crippen LogP contribution in [-0.2, 0) is 0 Å². The fraction of sp³-hybridized carbons (Fsp3) is 0.500. The molecular formula is C34H54FN3O3. The summed E-state index contributed by atoms with van der Waals surface area (Å²) in [5.41, 5.74) is 4.07. The fourth-order valence-electron chi connectivity index (χ4n) is 4.44. The molecule has 1 aromatic carbocycles. The third kappa shape index (κ3) is 8.27. The molecule has 4 aliphatic rings. The second-order valence-corrected chi connectivity index (χ2v) is 10.2. The van der Waals surface area contributed by atoms with Crippen LogP contribution in [0.3, 0.4) is 0 Å². The lowest BCUT2D eigenvalue weighted by molar-refractivity contribution is 0.0625. The average Bonchev–Trinajstić information content (AvgIpc) is 3.89. The van der Waals surface area contributed by atoms with Gasteiger partial charge in [0.25, 0.3) is 0 Å². The first kappa shape index (κ1) is 35.5. The molecule has 3 heterocycles. The quantitative estimate of drug-likeness (QED) is 0.216. The summed E-state index contributed by atoms with van der Waals surface area (Å²) in [6.45, 7) is 15.8. The number of ketones is 1. The number of fused-ring (bicyclic) bond motifs is 1. The van der Waals surface area contributed by atoms with Crippen molar-refractivity contribution in [1.82, 2.24) is 15.5 Å². The van der Waals surface area contributed by atoms with E-state index in [2.05, 4.69) is 55.0 Å². The van der Waals surface area contributed by atoms with Crippen LogP contribution < -0.4 is 20.1 Å². The van der Waals surface area contributed by atoms with Gasteiger partial charge in [0.05, 0.1) is 12.8 Å². The lowest BCUT2D eigenvalue weighted by Crippen LogP contribution is -2.35. The summed E-state index contributed by atoms with van der Waals surface area (Å²) in [7, 11) is 1.47. The van der Waals surface area contributed by atoms with Gasteiger partial charge < -0.3 is 25.0 Å². The molecule has 0 radical (unpaired) electrons. The summed E-state index contributed by atoms with van der Waals surface area (Å²) in [5.74, 6) is 1.18. The number of hydrogen-bond donors (Lipinski definition) is 2. The molecule has 41 heavy (non-hydrogen) atoms. The number of halogens is 1. The number of nitrogens with one attached hydrogen (secondary N) is 2. The number of benzene rings is 1. The lowest BCUT2D eigenvalue weighted by Gasteiger charge is -2.32. The molecule has 0 amide bonds. The Labute approximate surface area is 249 Å². The number of carbonyl (C=O) groups excluding carboxylic acids is 1. The van der Waals surface area contributed by atoms with Gasteiger partial charge in [0.1, 0.15) is 23.2 Å². The van der Waals surface area contributed by atoms with Crippen LogP contribution in [0.1, 0.15) is 99.4 Å². The van der Waals surface area contributed by atoms with Gasteiger partial charge in [-0.25, -0.2) is 4.39 Å². The fourth-order valence-corrected chi connectivity index (χ4v) is 4.44. The highest BCUT2D eigenvalue weighted by Gasteiger charge is 2.36. The Morgan fingerprint density at radius 2 is 1.85 bits per heavy atom. The first-order valence-corrected chi connectivity index (χ1v) is 14.1. The van der Waals surface area contributed by atoms with Gasteiger partial charge in [0.2, 0.25) is 6.36 Å². The summed E-state index contributed by atoms with van der Waals surface area (Å²) in [6, 6.07) is 3.43. The highest BCUT2D eigenvalue weighted by Crippen LogP contribution is 2.42. The zero-order chi connectivity index (χ0) is 28.7. The molecule has 1 aliphatic carbocycles. The van der Waals surface area contributed by atoms with E-state index in [1.54, 1.807) is 19.1 Å². The van der Waals surface area contributed by atoms with E-state index in [0.717, 1.165) is 17.2 Å². The molecule has 1 aromatic rings. The Kier molecular flexibility index (Phi) is 13.4. The van der Waals surface area contributed by atoms with Crippen LogP contribution in [-0.4, -0.2) is 30.3 Å². The molecule has 1 fully saturated rings. The van der Waals surface area contributed by atoms with E-state index in [1.165, 1.54) is 43.7 Å². The topological polar surface area (TPSA) is 72.7 Å². The first-order valence-electron chi connectivity index (χ1n) is 14.1. The molecule has 0 aromatic heterocycles. The molecule has 1 saturated carbocycles. The van der Waals surface area contributed by atoms with Gasteiger partial charge in [-0.3, -0.25) is 4.79 Å². The zero-order valence-corrected chi connectivity index (χ0v) is 24.4.